The lowest BCUT2D eigenvalue weighted by Crippen LogP contribution is -2.31. The van der Waals surface area contributed by atoms with Gasteiger partial charge < -0.3 is 19.5 Å². The molecule has 0 spiro atoms. The minimum Gasteiger partial charge on any atom is -0.481 e. The standard InChI is InChI=1S/C21H23NO6/c1-12-8-13(2)10-16(9-12)28-14(3)19(23)22-18-11-15(20(24)26-4)6-7-17(18)21(25)27-5/h6-11,14H,1-5H3,(H,22,23)/t14-/m1/s1. The zero-order valence-electron chi connectivity index (χ0n) is 16.5. The van der Waals surface area contributed by atoms with Crippen LogP contribution in [0.15, 0.2) is 36.4 Å². The topological polar surface area (TPSA) is 90.9 Å². The van der Waals surface area contributed by atoms with Gasteiger partial charge in [0.1, 0.15) is 5.75 Å². The van der Waals surface area contributed by atoms with E-state index in [1.165, 1.54) is 32.4 Å². The lowest BCUT2D eigenvalue weighted by atomic mass is 10.1. The highest BCUT2D eigenvalue weighted by atomic mass is 16.5. The summed E-state index contributed by atoms with van der Waals surface area (Å²) >= 11 is 0. The monoisotopic (exact) mass is 385 g/mol. The van der Waals surface area contributed by atoms with Crippen LogP contribution in [0.1, 0.15) is 38.8 Å². The zero-order chi connectivity index (χ0) is 20.8. The molecule has 2 rings (SSSR count). The molecule has 0 bridgehead atoms. The van der Waals surface area contributed by atoms with Crippen LogP contribution in [0.2, 0.25) is 0 Å². The third-order valence-corrected chi connectivity index (χ3v) is 3.98. The Labute approximate surface area is 163 Å². The molecule has 0 radical (unpaired) electrons. The molecule has 0 aliphatic carbocycles. The number of hydrogen-bond donors (Lipinski definition) is 1. The van der Waals surface area contributed by atoms with Gasteiger partial charge in [0.05, 0.1) is 31.0 Å². The van der Waals surface area contributed by atoms with E-state index in [1.807, 2.05) is 32.0 Å². The Morgan fingerprint density at radius 3 is 2.07 bits per heavy atom. The molecular formula is C21H23NO6. The normalized spacial score (nSPS) is 11.3. The average Bonchev–Trinajstić information content (AvgIpc) is 2.65. The van der Waals surface area contributed by atoms with Crippen molar-refractivity contribution in [2.45, 2.75) is 26.9 Å². The van der Waals surface area contributed by atoms with E-state index in [1.54, 1.807) is 6.92 Å². The Bertz CT molecular complexity index is 886. The van der Waals surface area contributed by atoms with Crippen LogP contribution in [0.3, 0.4) is 0 Å². The fourth-order valence-electron chi connectivity index (χ4n) is 2.67. The van der Waals surface area contributed by atoms with Crippen LogP contribution in [0, 0.1) is 13.8 Å². The Kier molecular flexibility index (Phi) is 6.76. The van der Waals surface area contributed by atoms with Gasteiger partial charge in [0.25, 0.3) is 5.91 Å². The molecule has 28 heavy (non-hydrogen) atoms. The number of aryl methyl sites for hydroxylation is 2. The second kappa shape index (κ2) is 9.03. The summed E-state index contributed by atoms with van der Waals surface area (Å²) in [4.78, 5) is 36.3. The predicted molar refractivity (Wildman–Crippen MR) is 104 cm³/mol. The number of esters is 2. The first kappa shape index (κ1) is 21.0. The predicted octanol–water partition coefficient (Wildman–Crippen LogP) is 3.28. The fourth-order valence-corrected chi connectivity index (χ4v) is 2.67. The van der Waals surface area contributed by atoms with E-state index in [4.69, 9.17) is 9.47 Å². The SMILES string of the molecule is COC(=O)c1ccc(C(=O)OC)c(NC(=O)[C@@H](C)Oc2cc(C)cc(C)c2)c1. The molecule has 148 valence electrons. The molecule has 0 aliphatic heterocycles. The van der Waals surface area contributed by atoms with Gasteiger partial charge in [-0.25, -0.2) is 9.59 Å². The van der Waals surface area contributed by atoms with Crippen molar-refractivity contribution >= 4 is 23.5 Å². The Morgan fingerprint density at radius 1 is 0.893 bits per heavy atom. The molecule has 1 amide bonds. The first-order valence-corrected chi connectivity index (χ1v) is 8.61. The van der Waals surface area contributed by atoms with Gasteiger partial charge in [-0.2, -0.15) is 0 Å². The van der Waals surface area contributed by atoms with Gasteiger partial charge in [0, 0.05) is 0 Å². The number of amides is 1. The van der Waals surface area contributed by atoms with Crippen molar-refractivity contribution in [2.75, 3.05) is 19.5 Å². The number of anilines is 1. The Morgan fingerprint density at radius 2 is 1.50 bits per heavy atom. The zero-order valence-corrected chi connectivity index (χ0v) is 16.5. The van der Waals surface area contributed by atoms with E-state index in [-0.39, 0.29) is 16.8 Å². The lowest BCUT2D eigenvalue weighted by molar-refractivity contribution is -0.122. The maximum Gasteiger partial charge on any atom is 0.339 e. The molecule has 7 heteroatoms. The van der Waals surface area contributed by atoms with Gasteiger partial charge >= 0.3 is 11.9 Å². The largest absolute Gasteiger partial charge is 0.481 e. The van der Waals surface area contributed by atoms with Gasteiger partial charge in [-0.1, -0.05) is 6.07 Å². The first-order chi connectivity index (χ1) is 13.2. The molecule has 0 aliphatic rings. The molecule has 1 atom stereocenters. The molecule has 0 saturated carbocycles. The van der Waals surface area contributed by atoms with E-state index in [0.717, 1.165) is 11.1 Å². The van der Waals surface area contributed by atoms with Crippen molar-refractivity contribution in [3.05, 3.63) is 58.7 Å². The van der Waals surface area contributed by atoms with Gasteiger partial charge in [-0.05, 0) is 62.2 Å². The van der Waals surface area contributed by atoms with Gasteiger partial charge in [-0.3, -0.25) is 4.79 Å². The average molecular weight is 385 g/mol. The third kappa shape index (κ3) is 5.09. The van der Waals surface area contributed by atoms with E-state index < -0.39 is 23.9 Å². The number of benzene rings is 2. The number of nitrogens with one attached hydrogen (secondary N) is 1. The second-order valence-corrected chi connectivity index (χ2v) is 6.32. The summed E-state index contributed by atoms with van der Waals surface area (Å²) in [5, 5.41) is 2.62. The molecule has 7 nitrogen and oxygen atoms in total. The van der Waals surface area contributed by atoms with Crippen molar-refractivity contribution in [2.24, 2.45) is 0 Å². The third-order valence-electron chi connectivity index (χ3n) is 3.98. The molecular weight excluding hydrogens is 362 g/mol. The first-order valence-electron chi connectivity index (χ1n) is 8.61. The van der Waals surface area contributed by atoms with E-state index in [0.29, 0.717) is 5.75 Å². The maximum absolute atomic E-state index is 12.6. The Balaban J connectivity index is 2.25. The van der Waals surface area contributed by atoms with Crippen LogP contribution in [0.4, 0.5) is 5.69 Å². The number of rotatable bonds is 6. The molecule has 2 aromatic carbocycles. The molecule has 0 unspecified atom stereocenters. The molecule has 0 heterocycles. The fraction of sp³-hybridized carbons (Fsp3) is 0.286. The van der Waals surface area contributed by atoms with E-state index >= 15 is 0 Å². The highest BCUT2D eigenvalue weighted by Gasteiger charge is 2.21. The summed E-state index contributed by atoms with van der Waals surface area (Å²) in [6, 6.07) is 9.83. The van der Waals surface area contributed by atoms with Crippen LogP contribution in [-0.2, 0) is 14.3 Å². The number of hydrogen-bond acceptors (Lipinski definition) is 6. The Hall–Kier alpha value is -3.35. The summed E-state index contributed by atoms with van der Waals surface area (Å²) in [5.41, 5.74) is 2.47. The quantitative estimate of drug-likeness (QED) is 0.768. The highest BCUT2D eigenvalue weighted by Crippen LogP contribution is 2.22. The maximum atomic E-state index is 12.6. The molecule has 0 fully saturated rings. The van der Waals surface area contributed by atoms with Crippen LogP contribution in [0.5, 0.6) is 5.75 Å². The lowest BCUT2D eigenvalue weighted by Gasteiger charge is -2.17. The van der Waals surface area contributed by atoms with Gasteiger partial charge in [-0.15, -0.1) is 0 Å². The van der Waals surface area contributed by atoms with Crippen LogP contribution in [0.25, 0.3) is 0 Å². The van der Waals surface area contributed by atoms with Crippen molar-refractivity contribution in [3.63, 3.8) is 0 Å². The number of ether oxygens (including phenoxy) is 3. The number of carbonyl (C=O) groups is 3. The summed E-state index contributed by atoms with van der Waals surface area (Å²) in [6.07, 6.45) is -0.839. The van der Waals surface area contributed by atoms with Crippen molar-refractivity contribution in [3.8, 4) is 5.75 Å². The summed E-state index contributed by atoms with van der Waals surface area (Å²) < 4.78 is 15.1. The number of methoxy groups -OCH3 is 2. The summed E-state index contributed by atoms with van der Waals surface area (Å²) in [6.45, 7) is 5.46. The summed E-state index contributed by atoms with van der Waals surface area (Å²) in [5.74, 6) is -1.15. The highest BCUT2D eigenvalue weighted by molar-refractivity contribution is 6.04. The number of carbonyl (C=O) groups excluding carboxylic acids is 3. The van der Waals surface area contributed by atoms with Crippen molar-refractivity contribution in [1.82, 2.24) is 0 Å². The molecule has 1 N–H and O–H groups in total. The van der Waals surface area contributed by atoms with Crippen molar-refractivity contribution < 1.29 is 28.6 Å². The van der Waals surface area contributed by atoms with Crippen LogP contribution < -0.4 is 10.1 Å². The minimum atomic E-state index is -0.839. The molecule has 0 aromatic heterocycles. The smallest absolute Gasteiger partial charge is 0.339 e. The van der Waals surface area contributed by atoms with Gasteiger partial charge in [0.15, 0.2) is 6.10 Å². The van der Waals surface area contributed by atoms with Gasteiger partial charge in [0.2, 0.25) is 0 Å². The molecule has 2 aromatic rings. The molecule has 0 saturated heterocycles. The van der Waals surface area contributed by atoms with E-state index in [9.17, 15) is 14.4 Å². The minimum absolute atomic E-state index is 0.113. The second-order valence-electron chi connectivity index (χ2n) is 6.32. The van der Waals surface area contributed by atoms with Crippen LogP contribution in [-0.4, -0.2) is 38.2 Å². The van der Waals surface area contributed by atoms with Crippen LogP contribution >= 0.6 is 0 Å². The van der Waals surface area contributed by atoms with E-state index in [2.05, 4.69) is 10.1 Å². The van der Waals surface area contributed by atoms with Crippen molar-refractivity contribution in [1.29, 1.82) is 0 Å². The summed E-state index contributed by atoms with van der Waals surface area (Å²) in [7, 11) is 2.47.